The lowest BCUT2D eigenvalue weighted by atomic mass is 10.1. The van der Waals surface area contributed by atoms with Crippen LogP contribution in [0.5, 0.6) is 0 Å². The Morgan fingerprint density at radius 3 is 2.87 bits per heavy atom. The Morgan fingerprint density at radius 2 is 2.13 bits per heavy atom. The minimum atomic E-state index is 0.723. The third-order valence-corrected chi connectivity index (χ3v) is 4.15. The van der Waals surface area contributed by atoms with Gasteiger partial charge >= 0.3 is 0 Å². The lowest BCUT2D eigenvalue weighted by Gasteiger charge is -2.00. The summed E-state index contributed by atoms with van der Waals surface area (Å²) in [6, 6.07) is 0. The summed E-state index contributed by atoms with van der Waals surface area (Å²) in [5, 5.41) is 14.3. The molecule has 0 radical (unpaired) electrons. The van der Waals surface area contributed by atoms with Crippen LogP contribution in [-0.4, -0.2) is 23.8 Å². The molecule has 1 aliphatic rings. The summed E-state index contributed by atoms with van der Waals surface area (Å²) in [4.78, 5) is 0. The molecule has 1 aromatic heterocycles. The predicted octanol–water partition coefficient (Wildman–Crippen LogP) is 2.35. The van der Waals surface area contributed by atoms with E-state index in [0.29, 0.717) is 0 Å². The largest absolute Gasteiger partial charge is 0.320 e. The van der Waals surface area contributed by atoms with Gasteiger partial charge in [0.2, 0.25) is 0 Å². The van der Waals surface area contributed by atoms with Crippen molar-refractivity contribution in [3.8, 4) is 0 Å². The zero-order chi connectivity index (χ0) is 10.5. The molecule has 0 aliphatic heterocycles. The normalized spacial score (nSPS) is 17.4. The van der Waals surface area contributed by atoms with E-state index < -0.39 is 0 Å². The molecule has 0 unspecified atom stereocenters. The summed E-state index contributed by atoms with van der Waals surface area (Å²) in [5.41, 5.74) is 0. The molecule has 0 amide bonds. The minimum absolute atomic E-state index is 0.723. The Bertz CT molecular complexity index is 292. The molecule has 0 saturated heterocycles. The highest BCUT2D eigenvalue weighted by Crippen LogP contribution is 2.35. The molecule has 0 atom stereocenters. The van der Waals surface area contributed by atoms with E-state index in [2.05, 4.69) is 15.5 Å². The molecule has 1 heterocycles. The molecule has 1 aliphatic carbocycles. The summed E-state index contributed by atoms with van der Waals surface area (Å²) < 4.78 is 0. The molecule has 0 bridgehead atoms. The molecule has 1 aromatic rings. The fourth-order valence-electron chi connectivity index (χ4n) is 2.12. The molecular formula is C11H19N3S. The quantitative estimate of drug-likeness (QED) is 0.782. The SMILES string of the molecule is CNCCCc1nnc(C2CCCC2)s1. The second-order valence-corrected chi connectivity index (χ2v) is 5.32. The summed E-state index contributed by atoms with van der Waals surface area (Å²) in [6.07, 6.45) is 7.63. The number of nitrogens with one attached hydrogen (secondary N) is 1. The molecule has 2 rings (SSSR count). The van der Waals surface area contributed by atoms with Crippen LogP contribution in [0.4, 0.5) is 0 Å². The second-order valence-electron chi connectivity index (χ2n) is 4.22. The zero-order valence-corrected chi connectivity index (χ0v) is 10.1. The van der Waals surface area contributed by atoms with Crippen LogP contribution in [-0.2, 0) is 6.42 Å². The molecule has 1 saturated carbocycles. The highest BCUT2D eigenvalue weighted by Gasteiger charge is 2.20. The van der Waals surface area contributed by atoms with Crippen molar-refractivity contribution in [3.63, 3.8) is 0 Å². The third-order valence-electron chi connectivity index (χ3n) is 3.00. The smallest absolute Gasteiger partial charge is 0.120 e. The third kappa shape index (κ3) is 2.98. The first-order chi connectivity index (χ1) is 7.40. The molecule has 84 valence electrons. The van der Waals surface area contributed by atoms with E-state index in [9.17, 15) is 0 Å². The molecule has 4 heteroatoms. The van der Waals surface area contributed by atoms with E-state index in [1.165, 1.54) is 35.7 Å². The highest BCUT2D eigenvalue weighted by molar-refractivity contribution is 7.11. The fraction of sp³-hybridized carbons (Fsp3) is 0.818. The van der Waals surface area contributed by atoms with Crippen molar-refractivity contribution in [2.24, 2.45) is 0 Å². The summed E-state index contributed by atoms with van der Waals surface area (Å²) in [6.45, 7) is 1.07. The molecular weight excluding hydrogens is 206 g/mol. The average molecular weight is 225 g/mol. The molecule has 3 nitrogen and oxygen atoms in total. The summed E-state index contributed by atoms with van der Waals surface area (Å²) >= 11 is 1.83. The van der Waals surface area contributed by atoms with Crippen molar-refractivity contribution in [3.05, 3.63) is 10.0 Å². The van der Waals surface area contributed by atoms with E-state index in [4.69, 9.17) is 0 Å². The van der Waals surface area contributed by atoms with Gasteiger partial charge in [0.15, 0.2) is 0 Å². The van der Waals surface area contributed by atoms with E-state index in [1.807, 2.05) is 18.4 Å². The van der Waals surface area contributed by atoms with E-state index in [0.717, 1.165) is 25.3 Å². The topological polar surface area (TPSA) is 37.8 Å². The van der Waals surface area contributed by atoms with Crippen LogP contribution in [0.1, 0.15) is 48.0 Å². The van der Waals surface area contributed by atoms with Crippen molar-refractivity contribution in [2.45, 2.75) is 44.4 Å². The number of aromatic nitrogens is 2. The first-order valence-corrected chi connectivity index (χ1v) is 6.68. The maximum Gasteiger partial charge on any atom is 0.120 e. The van der Waals surface area contributed by atoms with Gasteiger partial charge in [-0.25, -0.2) is 0 Å². The summed E-state index contributed by atoms with van der Waals surface area (Å²) in [7, 11) is 1.99. The van der Waals surface area contributed by atoms with Crippen LogP contribution in [0.15, 0.2) is 0 Å². The number of hydrogen-bond donors (Lipinski definition) is 1. The monoisotopic (exact) mass is 225 g/mol. The Kier molecular flexibility index (Phi) is 4.09. The predicted molar refractivity (Wildman–Crippen MR) is 63.4 cm³/mol. The van der Waals surface area contributed by atoms with Gasteiger partial charge in [0.1, 0.15) is 10.0 Å². The van der Waals surface area contributed by atoms with Crippen LogP contribution >= 0.6 is 11.3 Å². The van der Waals surface area contributed by atoms with Crippen molar-refractivity contribution < 1.29 is 0 Å². The van der Waals surface area contributed by atoms with Gasteiger partial charge in [0.05, 0.1) is 0 Å². The Labute approximate surface area is 95.3 Å². The maximum absolute atomic E-state index is 4.33. The number of hydrogen-bond acceptors (Lipinski definition) is 4. The van der Waals surface area contributed by atoms with Gasteiger partial charge in [-0.05, 0) is 32.9 Å². The molecule has 0 aromatic carbocycles. The van der Waals surface area contributed by atoms with Crippen LogP contribution < -0.4 is 5.32 Å². The van der Waals surface area contributed by atoms with Gasteiger partial charge in [0, 0.05) is 12.3 Å². The Balaban J connectivity index is 1.86. The van der Waals surface area contributed by atoms with Gasteiger partial charge in [-0.3, -0.25) is 0 Å². The van der Waals surface area contributed by atoms with Crippen molar-refractivity contribution in [1.82, 2.24) is 15.5 Å². The second kappa shape index (κ2) is 5.56. The van der Waals surface area contributed by atoms with E-state index >= 15 is 0 Å². The standard InChI is InChI=1S/C11H19N3S/c1-12-8-4-7-10-13-14-11(15-10)9-5-2-3-6-9/h9,12H,2-8H2,1H3. The molecule has 1 fully saturated rings. The van der Waals surface area contributed by atoms with Crippen LogP contribution in [0.3, 0.4) is 0 Å². The number of rotatable bonds is 5. The zero-order valence-electron chi connectivity index (χ0n) is 9.33. The first-order valence-electron chi connectivity index (χ1n) is 5.87. The maximum atomic E-state index is 4.33. The van der Waals surface area contributed by atoms with E-state index in [1.54, 1.807) is 0 Å². The van der Waals surface area contributed by atoms with Gasteiger partial charge in [-0.2, -0.15) is 0 Å². The van der Waals surface area contributed by atoms with Gasteiger partial charge in [-0.1, -0.05) is 12.8 Å². The highest BCUT2D eigenvalue weighted by atomic mass is 32.1. The van der Waals surface area contributed by atoms with E-state index in [-0.39, 0.29) is 0 Å². The Morgan fingerprint density at radius 1 is 1.33 bits per heavy atom. The molecule has 0 spiro atoms. The minimum Gasteiger partial charge on any atom is -0.320 e. The van der Waals surface area contributed by atoms with Crippen molar-refractivity contribution in [2.75, 3.05) is 13.6 Å². The Hall–Kier alpha value is -0.480. The average Bonchev–Trinajstić information content (AvgIpc) is 2.87. The van der Waals surface area contributed by atoms with Gasteiger partial charge in [-0.15, -0.1) is 21.5 Å². The van der Waals surface area contributed by atoms with Crippen LogP contribution in [0.25, 0.3) is 0 Å². The van der Waals surface area contributed by atoms with Crippen molar-refractivity contribution >= 4 is 11.3 Å². The van der Waals surface area contributed by atoms with Gasteiger partial charge in [0.25, 0.3) is 0 Å². The van der Waals surface area contributed by atoms with Crippen LogP contribution in [0.2, 0.25) is 0 Å². The lowest BCUT2D eigenvalue weighted by Crippen LogP contribution is -2.08. The number of nitrogens with zero attached hydrogens (tertiary/aromatic N) is 2. The molecule has 15 heavy (non-hydrogen) atoms. The number of aryl methyl sites for hydroxylation is 1. The lowest BCUT2D eigenvalue weighted by molar-refractivity contribution is 0.696. The fourth-order valence-corrected chi connectivity index (χ4v) is 3.18. The van der Waals surface area contributed by atoms with Gasteiger partial charge < -0.3 is 5.32 Å². The summed E-state index contributed by atoms with van der Waals surface area (Å²) in [5.74, 6) is 0.723. The first kappa shape index (κ1) is 11.0. The van der Waals surface area contributed by atoms with Crippen LogP contribution in [0, 0.1) is 0 Å². The molecule has 1 N–H and O–H groups in total. The van der Waals surface area contributed by atoms with Crippen molar-refractivity contribution in [1.29, 1.82) is 0 Å².